The fourth-order valence-corrected chi connectivity index (χ4v) is 2.41. The minimum Gasteiger partial charge on any atom is -0.478 e. The van der Waals surface area contributed by atoms with Gasteiger partial charge in [-0.3, -0.25) is 0 Å². The van der Waals surface area contributed by atoms with Crippen LogP contribution in [0.25, 0.3) is 6.08 Å². The largest absolute Gasteiger partial charge is 0.478 e. The molecule has 0 bridgehead atoms. The van der Waals surface area contributed by atoms with Crippen molar-refractivity contribution in [3.05, 3.63) is 35.9 Å². The van der Waals surface area contributed by atoms with Gasteiger partial charge in [0.15, 0.2) is 0 Å². The fourth-order valence-electron chi connectivity index (χ4n) is 1.38. The molecule has 0 saturated heterocycles. The number of nitrogens with one attached hydrogen (secondary N) is 1. The third-order valence-electron chi connectivity index (χ3n) is 2.33. The van der Waals surface area contributed by atoms with E-state index in [-0.39, 0.29) is 11.4 Å². The third kappa shape index (κ3) is 5.26. The van der Waals surface area contributed by atoms with Crippen molar-refractivity contribution in [3.8, 4) is 11.8 Å². The van der Waals surface area contributed by atoms with Crippen LogP contribution in [0.5, 0.6) is 0 Å². The van der Waals surface area contributed by atoms with Crippen LogP contribution >= 0.6 is 0 Å². The first-order chi connectivity index (χ1) is 9.45. The number of benzene rings is 1. The summed E-state index contributed by atoms with van der Waals surface area (Å²) in [5.74, 6) is 4.40. The Morgan fingerprint density at radius 3 is 2.55 bits per heavy atom. The number of aliphatic carboxylic acids is 1. The zero-order valence-corrected chi connectivity index (χ0v) is 11.8. The number of hydrogen-bond acceptors (Lipinski definition) is 3. The van der Waals surface area contributed by atoms with Crippen LogP contribution in [0.3, 0.4) is 0 Å². The molecule has 0 saturated carbocycles. The lowest BCUT2D eigenvalue weighted by molar-refractivity contribution is -0.131. The molecule has 5 nitrogen and oxygen atoms in total. The van der Waals surface area contributed by atoms with Crippen molar-refractivity contribution in [3.63, 3.8) is 0 Å². The van der Waals surface area contributed by atoms with Crippen LogP contribution in [0, 0.1) is 11.8 Å². The van der Waals surface area contributed by atoms with E-state index in [1.165, 1.54) is 18.2 Å². The zero-order valence-electron chi connectivity index (χ0n) is 11.0. The van der Waals surface area contributed by atoms with E-state index in [4.69, 9.17) is 5.11 Å². The summed E-state index contributed by atoms with van der Waals surface area (Å²) in [6.45, 7) is 1.95. The second kappa shape index (κ2) is 7.48. The first-order valence-corrected chi connectivity index (χ1v) is 7.34. The molecule has 0 fully saturated rings. The van der Waals surface area contributed by atoms with Gasteiger partial charge in [-0.15, -0.1) is 11.8 Å². The van der Waals surface area contributed by atoms with Gasteiger partial charge in [0.05, 0.1) is 4.90 Å². The maximum Gasteiger partial charge on any atom is 0.328 e. The molecule has 0 aliphatic rings. The Kier molecular flexibility index (Phi) is 5.97. The van der Waals surface area contributed by atoms with Gasteiger partial charge in [0.25, 0.3) is 0 Å². The second-order valence-corrected chi connectivity index (χ2v) is 5.58. The molecule has 0 radical (unpaired) electrons. The summed E-state index contributed by atoms with van der Waals surface area (Å²) < 4.78 is 26.2. The molecule has 20 heavy (non-hydrogen) atoms. The van der Waals surface area contributed by atoms with Gasteiger partial charge in [0, 0.05) is 19.0 Å². The molecule has 1 aromatic rings. The second-order valence-electron chi connectivity index (χ2n) is 3.82. The van der Waals surface area contributed by atoms with Crippen molar-refractivity contribution in [2.75, 3.05) is 6.54 Å². The molecule has 1 rings (SSSR count). The van der Waals surface area contributed by atoms with E-state index >= 15 is 0 Å². The lowest BCUT2D eigenvalue weighted by Gasteiger charge is -2.05. The van der Waals surface area contributed by atoms with Crippen molar-refractivity contribution in [2.24, 2.45) is 0 Å². The SMILES string of the molecule is CC#CCCNS(=O)(=O)c1ccc(/C=C/C(=O)O)cc1. The van der Waals surface area contributed by atoms with Crippen LogP contribution in [0.4, 0.5) is 0 Å². The van der Waals surface area contributed by atoms with E-state index in [0.717, 1.165) is 6.08 Å². The molecule has 1 aromatic carbocycles. The standard InChI is InChI=1S/C14H15NO4S/c1-2-3-4-11-15-20(18,19)13-8-5-12(6-9-13)7-10-14(16)17/h5-10,15H,4,11H2,1H3,(H,16,17)/b10-7+. The number of sulfonamides is 1. The first kappa shape index (κ1) is 16.0. The van der Waals surface area contributed by atoms with Gasteiger partial charge in [0.1, 0.15) is 0 Å². The summed E-state index contributed by atoms with van der Waals surface area (Å²) in [6, 6.07) is 5.93. The van der Waals surface area contributed by atoms with Gasteiger partial charge in [-0.2, -0.15) is 0 Å². The molecule has 0 atom stereocenters. The number of carboxylic acids is 1. The Hall–Kier alpha value is -2.10. The number of carbonyl (C=O) groups is 1. The highest BCUT2D eigenvalue weighted by Gasteiger charge is 2.12. The predicted molar refractivity (Wildman–Crippen MR) is 76.4 cm³/mol. The molecule has 106 valence electrons. The topological polar surface area (TPSA) is 83.5 Å². The van der Waals surface area contributed by atoms with Gasteiger partial charge in [-0.25, -0.2) is 17.9 Å². The van der Waals surface area contributed by atoms with Gasteiger partial charge < -0.3 is 5.11 Å². The molecule has 0 aliphatic carbocycles. The average molecular weight is 293 g/mol. The van der Waals surface area contributed by atoms with E-state index in [1.807, 2.05) is 0 Å². The highest BCUT2D eigenvalue weighted by atomic mass is 32.2. The lowest BCUT2D eigenvalue weighted by atomic mass is 10.2. The highest BCUT2D eigenvalue weighted by Crippen LogP contribution is 2.11. The molecular weight excluding hydrogens is 278 g/mol. The lowest BCUT2D eigenvalue weighted by Crippen LogP contribution is -2.24. The quantitative estimate of drug-likeness (QED) is 0.473. The van der Waals surface area contributed by atoms with Crippen LogP contribution in [0.1, 0.15) is 18.9 Å². The monoisotopic (exact) mass is 293 g/mol. The van der Waals surface area contributed by atoms with Crippen molar-refractivity contribution in [2.45, 2.75) is 18.2 Å². The van der Waals surface area contributed by atoms with Gasteiger partial charge >= 0.3 is 5.97 Å². The molecule has 0 aliphatic heterocycles. The summed E-state index contributed by atoms with van der Waals surface area (Å²) in [5, 5.41) is 8.50. The van der Waals surface area contributed by atoms with Gasteiger partial charge in [-0.1, -0.05) is 12.1 Å². The molecule has 0 unspecified atom stereocenters. The van der Waals surface area contributed by atoms with E-state index < -0.39 is 16.0 Å². The van der Waals surface area contributed by atoms with Crippen molar-refractivity contribution < 1.29 is 18.3 Å². The van der Waals surface area contributed by atoms with Crippen LogP contribution in [0.15, 0.2) is 35.2 Å². The summed E-state index contributed by atoms with van der Waals surface area (Å²) in [7, 11) is -3.55. The average Bonchev–Trinajstić information content (AvgIpc) is 2.42. The van der Waals surface area contributed by atoms with Gasteiger partial charge in [-0.05, 0) is 30.7 Å². The van der Waals surface area contributed by atoms with Gasteiger partial charge in [0.2, 0.25) is 10.0 Å². The summed E-state index contributed by atoms with van der Waals surface area (Å²) in [6.07, 6.45) is 2.84. The third-order valence-corrected chi connectivity index (χ3v) is 3.80. The number of carboxylic acid groups (broad SMARTS) is 1. The Balaban J connectivity index is 2.75. The van der Waals surface area contributed by atoms with Crippen LogP contribution in [0.2, 0.25) is 0 Å². The molecule has 0 spiro atoms. The van der Waals surface area contributed by atoms with E-state index in [1.54, 1.807) is 19.1 Å². The van der Waals surface area contributed by atoms with Crippen LogP contribution in [-0.2, 0) is 14.8 Å². The van der Waals surface area contributed by atoms with Crippen molar-refractivity contribution in [1.82, 2.24) is 4.72 Å². The normalized spacial score (nSPS) is 11.1. The van der Waals surface area contributed by atoms with Crippen LogP contribution < -0.4 is 4.72 Å². The molecule has 0 amide bonds. The number of rotatable bonds is 6. The highest BCUT2D eigenvalue weighted by molar-refractivity contribution is 7.89. The number of hydrogen-bond donors (Lipinski definition) is 2. The minimum absolute atomic E-state index is 0.134. The zero-order chi connectivity index (χ0) is 15.0. The Bertz CT molecular complexity index is 649. The molecule has 0 heterocycles. The van der Waals surface area contributed by atoms with E-state index in [9.17, 15) is 13.2 Å². The molecule has 0 aromatic heterocycles. The van der Waals surface area contributed by atoms with E-state index in [0.29, 0.717) is 12.0 Å². The maximum atomic E-state index is 11.9. The predicted octanol–water partition coefficient (Wildman–Crippen LogP) is 1.48. The Labute approximate surface area is 118 Å². The summed E-state index contributed by atoms with van der Waals surface area (Å²) in [4.78, 5) is 10.5. The Morgan fingerprint density at radius 2 is 2.00 bits per heavy atom. The first-order valence-electron chi connectivity index (χ1n) is 5.86. The molecule has 6 heteroatoms. The smallest absolute Gasteiger partial charge is 0.328 e. The molecule has 2 N–H and O–H groups in total. The minimum atomic E-state index is -3.55. The summed E-state index contributed by atoms with van der Waals surface area (Å²) in [5.41, 5.74) is 0.614. The molecular formula is C14H15NO4S. The van der Waals surface area contributed by atoms with Crippen molar-refractivity contribution >= 4 is 22.1 Å². The fraction of sp³-hybridized carbons (Fsp3) is 0.214. The van der Waals surface area contributed by atoms with E-state index in [2.05, 4.69) is 16.6 Å². The summed E-state index contributed by atoms with van der Waals surface area (Å²) >= 11 is 0. The van der Waals surface area contributed by atoms with Crippen molar-refractivity contribution in [1.29, 1.82) is 0 Å². The van der Waals surface area contributed by atoms with Crippen LogP contribution in [-0.4, -0.2) is 26.0 Å². The maximum absolute atomic E-state index is 11.9. The Morgan fingerprint density at radius 1 is 1.35 bits per heavy atom.